The lowest BCUT2D eigenvalue weighted by Crippen LogP contribution is -2.36. The third-order valence-electron chi connectivity index (χ3n) is 4.23. The Morgan fingerprint density at radius 3 is 2.27 bits per heavy atom. The summed E-state index contributed by atoms with van der Waals surface area (Å²) in [6.07, 6.45) is -1.51. The maximum atomic E-state index is 13.8. The number of nitrogens with zero attached hydrogens (tertiary/aromatic N) is 2. The molecular formula is C18H15F3N2O3. The van der Waals surface area contributed by atoms with E-state index in [0.29, 0.717) is 11.8 Å². The molecule has 1 aliphatic heterocycles. The molecule has 0 aliphatic carbocycles. The SMILES string of the molecule is C[C@@H]1C(=O)N(C[C@@H](O)c2ccc(F)cc2F)C(=O)N1c1ccc(F)cc1. The first-order valence-electron chi connectivity index (χ1n) is 7.82. The van der Waals surface area contributed by atoms with Gasteiger partial charge in [0.2, 0.25) is 0 Å². The molecule has 8 heteroatoms. The number of urea groups is 1. The minimum Gasteiger partial charge on any atom is -0.386 e. The number of hydrogen-bond donors (Lipinski definition) is 1. The van der Waals surface area contributed by atoms with Gasteiger partial charge in [-0.15, -0.1) is 0 Å². The molecule has 1 N–H and O–H groups in total. The highest BCUT2D eigenvalue weighted by atomic mass is 19.1. The quantitative estimate of drug-likeness (QED) is 0.849. The number of benzene rings is 2. The fraction of sp³-hybridized carbons (Fsp3) is 0.222. The summed E-state index contributed by atoms with van der Waals surface area (Å²) in [4.78, 5) is 26.9. The van der Waals surface area contributed by atoms with Gasteiger partial charge in [0.1, 0.15) is 23.5 Å². The van der Waals surface area contributed by atoms with Crippen LogP contribution in [0.4, 0.5) is 23.7 Å². The van der Waals surface area contributed by atoms with Crippen LogP contribution in [0.15, 0.2) is 42.5 Å². The third-order valence-corrected chi connectivity index (χ3v) is 4.23. The number of carbonyl (C=O) groups excluding carboxylic acids is 2. The van der Waals surface area contributed by atoms with Crippen LogP contribution in [0.5, 0.6) is 0 Å². The predicted octanol–water partition coefficient (Wildman–Crippen LogP) is 2.99. The molecule has 0 spiro atoms. The van der Waals surface area contributed by atoms with Gasteiger partial charge in [0, 0.05) is 17.3 Å². The van der Waals surface area contributed by atoms with Gasteiger partial charge in [-0.05, 0) is 37.3 Å². The summed E-state index contributed by atoms with van der Waals surface area (Å²) in [6.45, 7) is 1.01. The fourth-order valence-corrected chi connectivity index (χ4v) is 2.87. The van der Waals surface area contributed by atoms with Crippen molar-refractivity contribution in [3.8, 4) is 0 Å². The van der Waals surface area contributed by atoms with Gasteiger partial charge < -0.3 is 5.11 Å². The number of anilines is 1. The van der Waals surface area contributed by atoms with Crippen molar-refractivity contribution in [1.29, 1.82) is 0 Å². The van der Waals surface area contributed by atoms with Gasteiger partial charge in [0.05, 0.1) is 12.6 Å². The van der Waals surface area contributed by atoms with E-state index >= 15 is 0 Å². The molecule has 5 nitrogen and oxygen atoms in total. The second-order valence-electron chi connectivity index (χ2n) is 5.94. The smallest absolute Gasteiger partial charge is 0.332 e. The van der Waals surface area contributed by atoms with E-state index in [2.05, 4.69) is 0 Å². The van der Waals surface area contributed by atoms with Crippen molar-refractivity contribution in [2.45, 2.75) is 19.1 Å². The molecule has 2 atom stereocenters. The van der Waals surface area contributed by atoms with Gasteiger partial charge >= 0.3 is 6.03 Å². The number of rotatable bonds is 4. The molecule has 1 heterocycles. The summed E-state index contributed by atoms with van der Waals surface area (Å²) in [5.41, 5.74) is 0.0992. The van der Waals surface area contributed by atoms with Gasteiger partial charge in [-0.1, -0.05) is 6.07 Å². The molecule has 3 rings (SSSR count). The van der Waals surface area contributed by atoms with E-state index in [4.69, 9.17) is 0 Å². The van der Waals surface area contributed by atoms with Crippen LogP contribution >= 0.6 is 0 Å². The topological polar surface area (TPSA) is 60.9 Å². The monoisotopic (exact) mass is 364 g/mol. The van der Waals surface area contributed by atoms with Crippen molar-refractivity contribution in [2.75, 3.05) is 11.4 Å². The largest absolute Gasteiger partial charge is 0.386 e. The van der Waals surface area contributed by atoms with Crippen molar-refractivity contribution in [3.63, 3.8) is 0 Å². The van der Waals surface area contributed by atoms with Gasteiger partial charge in [0.25, 0.3) is 5.91 Å². The molecule has 0 aromatic heterocycles. The Bertz CT molecular complexity index is 857. The number of hydrogen-bond acceptors (Lipinski definition) is 3. The van der Waals surface area contributed by atoms with E-state index in [1.165, 1.54) is 19.1 Å². The van der Waals surface area contributed by atoms with Crippen LogP contribution < -0.4 is 4.90 Å². The zero-order chi connectivity index (χ0) is 19.0. The van der Waals surface area contributed by atoms with Crippen LogP contribution in [0.25, 0.3) is 0 Å². The van der Waals surface area contributed by atoms with Crippen molar-refractivity contribution in [2.24, 2.45) is 0 Å². The molecule has 1 fully saturated rings. The zero-order valence-electron chi connectivity index (χ0n) is 13.7. The van der Waals surface area contributed by atoms with E-state index in [0.717, 1.165) is 34.1 Å². The van der Waals surface area contributed by atoms with Gasteiger partial charge in [0.15, 0.2) is 0 Å². The summed E-state index contributed by atoms with van der Waals surface area (Å²) >= 11 is 0. The molecule has 2 aromatic rings. The molecular weight excluding hydrogens is 349 g/mol. The van der Waals surface area contributed by atoms with Crippen molar-refractivity contribution in [3.05, 3.63) is 65.5 Å². The maximum Gasteiger partial charge on any atom is 0.332 e. The molecule has 3 amide bonds. The van der Waals surface area contributed by atoms with Gasteiger partial charge in [-0.25, -0.2) is 18.0 Å². The number of amides is 3. The molecule has 0 saturated carbocycles. The maximum absolute atomic E-state index is 13.8. The highest BCUT2D eigenvalue weighted by Crippen LogP contribution is 2.28. The van der Waals surface area contributed by atoms with Crippen molar-refractivity contribution < 1.29 is 27.9 Å². The second kappa shape index (κ2) is 6.80. The molecule has 2 aromatic carbocycles. The highest BCUT2D eigenvalue weighted by Gasteiger charge is 2.44. The van der Waals surface area contributed by atoms with E-state index in [1.807, 2.05) is 0 Å². The van der Waals surface area contributed by atoms with Crippen molar-refractivity contribution >= 4 is 17.6 Å². The van der Waals surface area contributed by atoms with Gasteiger partial charge in [-0.2, -0.15) is 0 Å². The molecule has 0 unspecified atom stereocenters. The Balaban J connectivity index is 1.83. The lowest BCUT2D eigenvalue weighted by molar-refractivity contribution is -0.128. The molecule has 1 aliphatic rings. The van der Waals surface area contributed by atoms with Crippen LogP contribution in [0.1, 0.15) is 18.6 Å². The first kappa shape index (κ1) is 17.9. The minimum atomic E-state index is -1.51. The summed E-state index contributed by atoms with van der Waals surface area (Å²) in [5.74, 6) is -2.85. The number of β-amino-alcohol motifs (C(OH)–C–C–N with tert-alkyl or cyclic N) is 1. The number of aliphatic hydroxyl groups is 1. The van der Waals surface area contributed by atoms with E-state index in [-0.39, 0.29) is 5.56 Å². The van der Waals surface area contributed by atoms with Crippen LogP contribution in [0.3, 0.4) is 0 Å². The molecule has 26 heavy (non-hydrogen) atoms. The van der Waals surface area contributed by atoms with Crippen LogP contribution in [0.2, 0.25) is 0 Å². The summed E-state index contributed by atoms with van der Waals surface area (Å²) in [6, 6.07) is 6.10. The normalized spacial score (nSPS) is 18.6. The average Bonchev–Trinajstić information content (AvgIpc) is 2.79. The van der Waals surface area contributed by atoms with E-state index in [1.54, 1.807) is 0 Å². The van der Waals surface area contributed by atoms with E-state index < -0.39 is 48.1 Å². The average molecular weight is 364 g/mol. The Kier molecular flexibility index (Phi) is 4.69. The van der Waals surface area contributed by atoms with Gasteiger partial charge in [-0.3, -0.25) is 14.6 Å². The zero-order valence-corrected chi connectivity index (χ0v) is 13.7. The Morgan fingerprint density at radius 1 is 1.04 bits per heavy atom. The molecule has 0 bridgehead atoms. The Morgan fingerprint density at radius 2 is 1.65 bits per heavy atom. The summed E-state index contributed by atoms with van der Waals surface area (Å²) in [7, 11) is 0. The van der Waals surface area contributed by atoms with Crippen LogP contribution in [0, 0.1) is 17.5 Å². The first-order valence-corrected chi connectivity index (χ1v) is 7.82. The highest BCUT2D eigenvalue weighted by molar-refractivity contribution is 6.14. The molecule has 0 radical (unpaired) electrons. The standard InChI is InChI=1S/C18H15F3N2O3/c1-10-17(25)22(9-16(24)14-7-4-12(20)8-15(14)21)18(26)23(10)13-5-2-11(19)3-6-13/h2-8,10,16,24H,9H2,1H3/t10-,16-/m1/s1. The second-order valence-corrected chi connectivity index (χ2v) is 5.94. The third kappa shape index (κ3) is 3.15. The Labute approximate surface area is 147 Å². The minimum absolute atomic E-state index is 0.222. The lowest BCUT2D eigenvalue weighted by Gasteiger charge is -2.21. The van der Waals surface area contributed by atoms with Crippen LogP contribution in [-0.2, 0) is 4.79 Å². The number of halogens is 3. The summed E-state index contributed by atoms with van der Waals surface area (Å²) < 4.78 is 39.8. The number of aliphatic hydroxyl groups excluding tert-OH is 1. The van der Waals surface area contributed by atoms with Crippen LogP contribution in [-0.4, -0.2) is 34.5 Å². The molecule has 136 valence electrons. The van der Waals surface area contributed by atoms with E-state index in [9.17, 15) is 27.9 Å². The number of carbonyl (C=O) groups is 2. The predicted molar refractivity (Wildman–Crippen MR) is 86.8 cm³/mol. The lowest BCUT2D eigenvalue weighted by atomic mass is 10.1. The van der Waals surface area contributed by atoms with Crippen molar-refractivity contribution in [1.82, 2.24) is 4.90 Å². The molecule has 1 saturated heterocycles. The number of imide groups is 1. The first-order chi connectivity index (χ1) is 12.3. The summed E-state index contributed by atoms with van der Waals surface area (Å²) in [5, 5.41) is 10.2. The Hall–Kier alpha value is -2.87. The fourth-order valence-electron chi connectivity index (χ4n) is 2.87.